The first-order valence-electron chi connectivity index (χ1n) is 20.7. The number of para-hydroxylation sites is 2. The average molecular weight is 777 g/mol. The number of fused-ring (bicyclic) bond motifs is 14. The number of furan rings is 1. The van der Waals surface area contributed by atoms with Crippen LogP contribution in [0.5, 0.6) is 0 Å². The van der Waals surface area contributed by atoms with Crippen molar-refractivity contribution in [3.63, 3.8) is 0 Å². The van der Waals surface area contributed by atoms with Crippen molar-refractivity contribution in [2.75, 3.05) is 0 Å². The van der Waals surface area contributed by atoms with Crippen LogP contribution in [0, 0.1) is 0 Å². The van der Waals surface area contributed by atoms with Gasteiger partial charge in [-0.2, -0.15) is 0 Å². The van der Waals surface area contributed by atoms with E-state index in [0.717, 1.165) is 49.4 Å². The van der Waals surface area contributed by atoms with Gasteiger partial charge in [0.1, 0.15) is 11.1 Å². The van der Waals surface area contributed by atoms with Gasteiger partial charge in [0.05, 0.1) is 27.6 Å². The second-order valence-corrected chi connectivity index (χ2v) is 16.1. The Kier molecular flexibility index (Phi) is 6.49. The van der Waals surface area contributed by atoms with Crippen LogP contribution in [-0.2, 0) is 0 Å². The standard InChI is InChI=1S/C56H32N4O/c1-3-13-33(14-4-1)37-25-27-46-42(30-37)43-32-48-50(51-40-19-9-11-21-45(40)59(46)53(43)51)44-31-38(34-15-5-2-6-16-34)26-28-47(44)60(48)56-54-52(41-20-10-12-22-49(41)61-54)57-55(58-56)39-24-23-35-17-7-8-18-36(35)29-39/h1-32H. The Morgan fingerprint density at radius 2 is 1.02 bits per heavy atom. The third-order valence-corrected chi connectivity index (χ3v) is 12.8. The van der Waals surface area contributed by atoms with E-state index in [1.165, 1.54) is 65.6 Å². The Bertz CT molecular complexity index is 4100. The monoisotopic (exact) mass is 776 g/mol. The van der Waals surface area contributed by atoms with Gasteiger partial charge in [-0.25, -0.2) is 9.97 Å². The van der Waals surface area contributed by atoms with E-state index in [9.17, 15) is 0 Å². The smallest absolute Gasteiger partial charge is 0.197 e. The van der Waals surface area contributed by atoms with E-state index in [1.807, 2.05) is 12.1 Å². The zero-order valence-corrected chi connectivity index (χ0v) is 32.7. The summed E-state index contributed by atoms with van der Waals surface area (Å²) in [5.74, 6) is 1.36. The molecule has 9 aromatic carbocycles. The lowest BCUT2D eigenvalue weighted by Gasteiger charge is -2.11. The van der Waals surface area contributed by atoms with Crippen LogP contribution in [-0.4, -0.2) is 18.9 Å². The summed E-state index contributed by atoms with van der Waals surface area (Å²) in [5.41, 5.74) is 13.6. The second kappa shape index (κ2) is 12.1. The molecule has 14 rings (SSSR count). The van der Waals surface area contributed by atoms with Crippen LogP contribution in [0.15, 0.2) is 199 Å². The molecule has 282 valence electrons. The number of rotatable bonds is 4. The predicted molar refractivity (Wildman–Crippen MR) is 252 cm³/mol. The largest absolute Gasteiger partial charge is 0.450 e. The summed E-state index contributed by atoms with van der Waals surface area (Å²) in [6, 6.07) is 69.5. The van der Waals surface area contributed by atoms with Crippen molar-refractivity contribution in [2.45, 2.75) is 0 Å². The Hall–Kier alpha value is -8.28. The molecule has 0 bridgehead atoms. The molecule has 5 heterocycles. The van der Waals surface area contributed by atoms with Gasteiger partial charge in [0.15, 0.2) is 17.2 Å². The van der Waals surface area contributed by atoms with Crippen molar-refractivity contribution in [1.29, 1.82) is 0 Å². The van der Waals surface area contributed by atoms with Gasteiger partial charge < -0.3 is 8.82 Å². The highest BCUT2D eigenvalue weighted by Crippen LogP contribution is 2.48. The fraction of sp³-hybridized carbons (Fsp3) is 0. The van der Waals surface area contributed by atoms with Crippen molar-refractivity contribution in [1.82, 2.24) is 18.9 Å². The van der Waals surface area contributed by atoms with E-state index in [-0.39, 0.29) is 0 Å². The molecule has 0 unspecified atom stereocenters. The summed E-state index contributed by atoms with van der Waals surface area (Å²) in [7, 11) is 0. The number of benzene rings is 9. The normalized spacial score (nSPS) is 12.3. The van der Waals surface area contributed by atoms with Crippen molar-refractivity contribution in [2.24, 2.45) is 0 Å². The van der Waals surface area contributed by atoms with Crippen LogP contribution in [0.1, 0.15) is 0 Å². The Labute approximate surface area is 348 Å². The predicted octanol–water partition coefficient (Wildman–Crippen LogP) is 14.8. The first kappa shape index (κ1) is 32.7. The molecule has 0 radical (unpaired) electrons. The molecule has 5 heteroatoms. The minimum absolute atomic E-state index is 0.649. The Morgan fingerprint density at radius 1 is 0.377 bits per heavy atom. The fourth-order valence-electron chi connectivity index (χ4n) is 10.1. The summed E-state index contributed by atoms with van der Waals surface area (Å²) in [5, 5.41) is 10.5. The van der Waals surface area contributed by atoms with E-state index in [0.29, 0.717) is 17.2 Å². The topological polar surface area (TPSA) is 48.3 Å². The van der Waals surface area contributed by atoms with Crippen molar-refractivity contribution >= 4 is 92.7 Å². The molecule has 0 saturated carbocycles. The summed E-state index contributed by atoms with van der Waals surface area (Å²) in [6.45, 7) is 0. The number of aromatic nitrogens is 4. The van der Waals surface area contributed by atoms with Crippen LogP contribution in [0.2, 0.25) is 0 Å². The summed E-state index contributed by atoms with van der Waals surface area (Å²) in [4.78, 5) is 10.8. The minimum Gasteiger partial charge on any atom is -0.450 e. The lowest BCUT2D eigenvalue weighted by molar-refractivity contribution is 0.662. The van der Waals surface area contributed by atoms with Gasteiger partial charge in [0.2, 0.25) is 0 Å². The van der Waals surface area contributed by atoms with Crippen molar-refractivity contribution < 1.29 is 4.42 Å². The first-order valence-corrected chi connectivity index (χ1v) is 20.7. The van der Waals surface area contributed by atoms with Gasteiger partial charge in [-0.3, -0.25) is 4.57 Å². The lowest BCUT2D eigenvalue weighted by atomic mass is 9.98. The van der Waals surface area contributed by atoms with Crippen LogP contribution in [0.4, 0.5) is 0 Å². The van der Waals surface area contributed by atoms with Gasteiger partial charge in [0, 0.05) is 43.3 Å². The number of hydrogen-bond donors (Lipinski definition) is 0. The fourth-order valence-corrected chi connectivity index (χ4v) is 10.1. The molecular weight excluding hydrogens is 745 g/mol. The summed E-state index contributed by atoms with van der Waals surface area (Å²) in [6.07, 6.45) is 0. The third-order valence-electron chi connectivity index (χ3n) is 12.8. The Balaban J connectivity index is 1.18. The van der Waals surface area contributed by atoms with Gasteiger partial charge >= 0.3 is 0 Å². The maximum absolute atomic E-state index is 6.84. The molecule has 5 aromatic heterocycles. The molecule has 0 atom stereocenters. The van der Waals surface area contributed by atoms with Crippen LogP contribution in [0.25, 0.3) is 132 Å². The molecular formula is C56H32N4O. The maximum Gasteiger partial charge on any atom is 0.197 e. The molecule has 0 amide bonds. The molecule has 0 saturated heterocycles. The SMILES string of the molecule is c1ccc(-c2ccc3c(c2)c2c4c5ccccc5n5c6ccc(-c7ccccc7)cc6c(cc2n3-c2nc(-c3ccc6ccccc6c3)nc3c2oc2ccccc23)c45)cc1. The molecule has 0 aliphatic rings. The van der Waals surface area contributed by atoms with E-state index in [2.05, 4.69) is 191 Å². The highest BCUT2D eigenvalue weighted by atomic mass is 16.3. The lowest BCUT2D eigenvalue weighted by Crippen LogP contribution is -2.02. The van der Waals surface area contributed by atoms with E-state index in [4.69, 9.17) is 14.4 Å². The molecule has 0 N–H and O–H groups in total. The van der Waals surface area contributed by atoms with E-state index in [1.54, 1.807) is 0 Å². The van der Waals surface area contributed by atoms with Gasteiger partial charge in [0.25, 0.3) is 0 Å². The van der Waals surface area contributed by atoms with E-state index < -0.39 is 0 Å². The van der Waals surface area contributed by atoms with E-state index >= 15 is 0 Å². The summed E-state index contributed by atoms with van der Waals surface area (Å²) < 4.78 is 11.7. The average Bonchev–Trinajstić information content (AvgIpc) is 4.06. The quantitative estimate of drug-likeness (QED) is 0.179. The summed E-state index contributed by atoms with van der Waals surface area (Å²) >= 11 is 0. The highest BCUT2D eigenvalue weighted by molar-refractivity contribution is 6.36. The van der Waals surface area contributed by atoms with Gasteiger partial charge in [-0.1, -0.05) is 140 Å². The molecule has 14 aromatic rings. The first-order chi connectivity index (χ1) is 30.2. The molecule has 0 fully saturated rings. The third kappa shape index (κ3) is 4.55. The number of hydrogen-bond acceptors (Lipinski definition) is 3. The van der Waals surface area contributed by atoms with Crippen molar-refractivity contribution in [3.8, 4) is 39.5 Å². The molecule has 0 spiro atoms. The highest BCUT2D eigenvalue weighted by Gasteiger charge is 2.27. The van der Waals surface area contributed by atoms with Crippen LogP contribution in [0.3, 0.4) is 0 Å². The Morgan fingerprint density at radius 3 is 1.82 bits per heavy atom. The van der Waals surface area contributed by atoms with Gasteiger partial charge in [-0.15, -0.1) is 0 Å². The zero-order chi connectivity index (χ0) is 39.8. The molecule has 0 aliphatic heterocycles. The minimum atomic E-state index is 0.649. The van der Waals surface area contributed by atoms with Gasteiger partial charge in [-0.05, 0) is 87.6 Å². The van der Waals surface area contributed by atoms with Crippen LogP contribution < -0.4 is 0 Å². The molecule has 0 aliphatic carbocycles. The maximum atomic E-state index is 6.84. The molecule has 61 heavy (non-hydrogen) atoms. The van der Waals surface area contributed by atoms with Crippen molar-refractivity contribution in [3.05, 3.63) is 194 Å². The second-order valence-electron chi connectivity index (χ2n) is 16.1. The molecule has 5 nitrogen and oxygen atoms in total. The zero-order valence-electron chi connectivity index (χ0n) is 32.7. The number of nitrogens with zero attached hydrogens (tertiary/aromatic N) is 4. The van der Waals surface area contributed by atoms with Crippen LogP contribution >= 0.6 is 0 Å².